The van der Waals surface area contributed by atoms with Crippen LogP contribution >= 0.6 is 0 Å². The van der Waals surface area contributed by atoms with Gasteiger partial charge in [-0.25, -0.2) is 0 Å². The maximum Gasteiger partial charge on any atom is 0.107 e. The first-order chi connectivity index (χ1) is 4.93. The second kappa shape index (κ2) is 8.95. The average molecular weight is 152 g/mol. The molecule has 0 bridgehead atoms. The van der Waals surface area contributed by atoms with E-state index in [1.54, 1.807) is 0 Å². The van der Waals surface area contributed by atoms with E-state index >= 15 is 0 Å². The summed E-state index contributed by atoms with van der Waals surface area (Å²) < 4.78 is 0. The van der Waals surface area contributed by atoms with Gasteiger partial charge < -0.3 is 0 Å². The van der Waals surface area contributed by atoms with Gasteiger partial charge in [-0.2, -0.15) is 0 Å². The summed E-state index contributed by atoms with van der Waals surface area (Å²) in [6, 6.07) is 10.5. The van der Waals surface area contributed by atoms with E-state index in [0.29, 0.717) is 0 Å². The van der Waals surface area contributed by atoms with E-state index in [9.17, 15) is 0 Å². The molecular formula is C9H14BF. The number of benzene rings is 1. The van der Waals surface area contributed by atoms with Gasteiger partial charge in [-0.1, -0.05) is 42.2 Å². The topological polar surface area (TPSA) is 0 Å². The summed E-state index contributed by atoms with van der Waals surface area (Å²) in [7, 11) is 2.16. The molecule has 0 heterocycles. The van der Waals surface area contributed by atoms with Crippen molar-refractivity contribution in [2.24, 2.45) is 0 Å². The van der Waals surface area contributed by atoms with Crippen molar-refractivity contribution in [3.05, 3.63) is 49.1 Å². The molecule has 0 fully saturated rings. The van der Waals surface area contributed by atoms with Gasteiger partial charge in [0, 0.05) is 0 Å². The van der Waals surface area contributed by atoms with Crippen LogP contribution in [0.15, 0.2) is 43.5 Å². The van der Waals surface area contributed by atoms with Gasteiger partial charge in [0.2, 0.25) is 0 Å². The molecule has 1 rings (SSSR count). The second-order valence-corrected chi connectivity index (χ2v) is 1.84. The van der Waals surface area contributed by atoms with Crippen molar-refractivity contribution in [2.75, 3.05) is 0 Å². The van der Waals surface area contributed by atoms with Crippen LogP contribution in [0.3, 0.4) is 0 Å². The van der Waals surface area contributed by atoms with Crippen molar-refractivity contribution < 1.29 is 4.70 Å². The van der Waals surface area contributed by atoms with Crippen LogP contribution in [0.5, 0.6) is 0 Å². The lowest BCUT2D eigenvalue weighted by atomic mass is 9.97. The molecule has 0 unspecified atom stereocenters. The molecule has 0 aromatic heterocycles. The Kier molecular flexibility index (Phi) is 10.3. The summed E-state index contributed by atoms with van der Waals surface area (Å²) in [5, 5.41) is 0. The Bertz CT molecular complexity index is 162. The maximum absolute atomic E-state index is 3.00. The van der Waals surface area contributed by atoms with Crippen molar-refractivity contribution in [1.82, 2.24) is 0 Å². The van der Waals surface area contributed by atoms with Crippen molar-refractivity contribution in [2.45, 2.75) is 6.32 Å². The minimum atomic E-state index is 0. The van der Waals surface area contributed by atoms with Crippen LogP contribution in [-0.4, -0.2) is 7.85 Å². The van der Waals surface area contributed by atoms with E-state index in [1.165, 1.54) is 5.56 Å². The Morgan fingerprint density at radius 2 is 1.55 bits per heavy atom. The van der Waals surface area contributed by atoms with E-state index in [0.717, 1.165) is 6.32 Å². The molecule has 0 saturated heterocycles. The highest BCUT2D eigenvalue weighted by Crippen LogP contribution is 1.95. The lowest BCUT2D eigenvalue weighted by molar-refractivity contribution is 1.11. The first kappa shape index (κ1) is 12.6. The highest BCUT2D eigenvalue weighted by molar-refractivity contribution is 6.08. The minimum absolute atomic E-state index is 0. The zero-order chi connectivity index (χ0) is 7.82. The van der Waals surface area contributed by atoms with E-state index in [1.807, 2.05) is 6.07 Å². The van der Waals surface area contributed by atoms with Crippen molar-refractivity contribution in [3.63, 3.8) is 0 Å². The lowest BCUT2D eigenvalue weighted by Gasteiger charge is -1.89. The summed E-state index contributed by atoms with van der Waals surface area (Å²) >= 11 is 0. The smallest absolute Gasteiger partial charge is 0.107 e. The predicted octanol–water partition coefficient (Wildman–Crippen LogP) is 1.77. The molecule has 0 aliphatic heterocycles. The molecule has 0 aliphatic carbocycles. The molecule has 60 valence electrons. The molecule has 1 aromatic rings. The first-order valence-electron chi connectivity index (χ1n) is 3.47. The molecule has 2 heteroatoms. The average Bonchev–Trinajstić information content (AvgIpc) is 2.10. The van der Waals surface area contributed by atoms with Crippen LogP contribution in [0, 0.1) is 0 Å². The Balaban J connectivity index is 0. The van der Waals surface area contributed by atoms with E-state index < -0.39 is 0 Å². The molecule has 0 nitrogen and oxygen atoms in total. The summed E-state index contributed by atoms with van der Waals surface area (Å²) in [5.41, 5.74) is 1.41. The van der Waals surface area contributed by atoms with Crippen LogP contribution < -0.4 is 0 Å². The first-order valence-corrected chi connectivity index (χ1v) is 3.47. The quantitative estimate of drug-likeness (QED) is 0.425. The highest BCUT2D eigenvalue weighted by atomic mass is 19.0. The van der Waals surface area contributed by atoms with E-state index in [2.05, 4.69) is 45.3 Å². The Morgan fingerprint density at radius 3 is 1.82 bits per heavy atom. The van der Waals surface area contributed by atoms with E-state index in [4.69, 9.17) is 0 Å². The zero-order valence-corrected chi connectivity index (χ0v) is 6.92. The molecule has 0 amide bonds. The molecule has 11 heavy (non-hydrogen) atoms. The molecule has 1 aromatic carbocycles. The summed E-state index contributed by atoms with van der Waals surface area (Å²) in [6.45, 7) is 6.00. The third-order valence-corrected chi connectivity index (χ3v) is 1.25. The monoisotopic (exact) mass is 152 g/mol. The summed E-state index contributed by atoms with van der Waals surface area (Å²) in [4.78, 5) is 0. The fourth-order valence-electron chi connectivity index (χ4n) is 0.714. The normalized spacial score (nSPS) is 6.91. The molecule has 0 spiro atoms. The summed E-state index contributed by atoms with van der Waals surface area (Å²) in [6.07, 6.45) is 1.14. The third-order valence-electron chi connectivity index (χ3n) is 1.25. The number of hydrogen-bond acceptors (Lipinski definition) is 0. The van der Waals surface area contributed by atoms with Gasteiger partial charge in [0.15, 0.2) is 0 Å². The third kappa shape index (κ3) is 5.40. The molecule has 0 radical (unpaired) electrons. The number of rotatable bonds is 1. The Morgan fingerprint density at radius 1 is 1.09 bits per heavy atom. The van der Waals surface area contributed by atoms with Crippen molar-refractivity contribution in [1.29, 1.82) is 0 Å². The summed E-state index contributed by atoms with van der Waals surface area (Å²) in [5.74, 6) is 0. The standard InChI is InChI=1S/C7H9B.C2H4.FH/c8-6-7-4-2-1-3-5-7;1-2;/h1-5H,6,8H2;1-2H2;1H. The SMILES string of the molecule is BCc1ccccc1.C=C.F. The molecule has 0 N–H and O–H groups in total. The van der Waals surface area contributed by atoms with Gasteiger partial charge in [-0.15, -0.1) is 13.2 Å². The van der Waals surface area contributed by atoms with Gasteiger partial charge in [0.25, 0.3) is 0 Å². The number of hydrogen-bond donors (Lipinski definition) is 0. The zero-order valence-electron chi connectivity index (χ0n) is 6.92. The molecular weight excluding hydrogens is 138 g/mol. The van der Waals surface area contributed by atoms with Gasteiger partial charge in [0.1, 0.15) is 7.85 Å². The number of halogens is 1. The van der Waals surface area contributed by atoms with Crippen LogP contribution in [0.2, 0.25) is 0 Å². The van der Waals surface area contributed by atoms with Gasteiger partial charge >= 0.3 is 0 Å². The molecule has 0 atom stereocenters. The van der Waals surface area contributed by atoms with Crippen molar-refractivity contribution in [3.8, 4) is 0 Å². The van der Waals surface area contributed by atoms with Crippen molar-refractivity contribution >= 4 is 7.85 Å². The largest absolute Gasteiger partial charge is 0.269 e. The van der Waals surface area contributed by atoms with Gasteiger partial charge in [-0.05, 0) is 0 Å². The highest BCUT2D eigenvalue weighted by Gasteiger charge is 1.80. The predicted molar refractivity (Wildman–Crippen MR) is 52.4 cm³/mol. The van der Waals surface area contributed by atoms with E-state index in [-0.39, 0.29) is 4.70 Å². The van der Waals surface area contributed by atoms with Crippen LogP contribution in [0.1, 0.15) is 5.56 Å². The Hall–Kier alpha value is -1.05. The molecule has 0 aliphatic rings. The fraction of sp³-hybridized carbons (Fsp3) is 0.111. The molecule has 0 saturated carbocycles. The van der Waals surface area contributed by atoms with Crippen LogP contribution in [-0.2, 0) is 6.32 Å². The Labute approximate surface area is 68.7 Å². The van der Waals surface area contributed by atoms with Gasteiger partial charge in [0.05, 0.1) is 0 Å². The lowest BCUT2D eigenvalue weighted by Crippen LogP contribution is -1.78. The van der Waals surface area contributed by atoms with Gasteiger partial charge in [-0.3, -0.25) is 4.70 Å². The second-order valence-electron chi connectivity index (χ2n) is 1.84. The maximum atomic E-state index is 3.00. The fourth-order valence-corrected chi connectivity index (χ4v) is 0.714. The minimum Gasteiger partial charge on any atom is -0.269 e. The van der Waals surface area contributed by atoms with Crippen LogP contribution in [0.25, 0.3) is 0 Å². The van der Waals surface area contributed by atoms with Crippen LogP contribution in [0.4, 0.5) is 4.70 Å².